The smallest absolute Gasteiger partial charge is 0.253 e. The Hall–Kier alpha value is -2.44. The molecule has 2 amide bonds. The maximum absolute atomic E-state index is 12.6. The maximum atomic E-state index is 12.6. The highest BCUT2D eigenvalue weighted by Gasteiger charge is 2.51. The number of ether oxygens (including phenoxy) is 1. The Morgan fingerprint density at radius 1 is 1.13 bits per heavy atom. The van der Waals surface area contributed by atoms with Gasteiger partial charge in [-0.2, -0.15) is 0 Å². The third-order valence-electron chi connectivity index (χ3n) is 5.36. The molecule has 0 bridgehead atoms. The van der Waals surface area contributed by atoms with Crippen molar-refractivity contribution in [3.63, 3.8) is 0 Å². The molecule has 0 radical (unpaired) electrons. The highest BCUT2D eigenvalue weighted by molar-refractivity contribution is 8.00. The average Bonchev–Trinajstić information content (AvgIpc) is 2.78. The van der Waals surface area contributed by atoms with Crippen LogP contribution in [0.15, 0.2) is 66.4 Å². The van der Waals surface area contributed by atoms with Crippen LogP contribution in [0.3, 0.4) is 0 Å². The number of amides is 2. The van der Waals surface area contributed by atoms with Gasteiger partial charge in [-0.1, -0.05) is 42.5 Å². The minimum Gasteiger partial charge on any atom is -0.497 e. The summed E-state index contributed by atoms with van der Waals surface area (Å²) in [6.07, 6.45) is 2.94. The number of carbonyl (C=O) groups excluding carboxylic acids is 2. The minimum atomic E-state index is -0.507. The van der Waals surface area contributed by atoms with Gasteiger partial charge in [0, 0.05) is 17.3 Å². The molecule has 5 nitrogen and oxygen atoms in total. The molecule has 2 aliphatic heterocycles. The number of thioether (sulfide) groups is 1. The third-order valence-corrected chi connectivity index (χ3v) is 7.25. The van der Waals surface area contributed by atoms with Crippen LogP contribution in [0.5, 0.6) is 5.75 Å². The highest BCUT2D eigenvalue weighted by atomic mass is 35.5. The number of nitrogens with one attached hydrogen (secondary N) is 1. The molecule has 0 aliphatic carbocycles. The molecule has 4 rings (SSSR count). The summed E-state index contributed by atoms with van der Waals surface area (Å²) in [6, 6.07) is 17.1. The zero-order valence-electron chi connectivity index (χ0n) is 16.6. The predicted octanol–water partition coefficient (Wildman–Crippen LogP) is 3.37. The van der Waals surface area contributed by atoms with Crippen molar-refractivity contribution in [3.05, 3.63) is 77.5 Å². The first-order valence-corrected chi connectivity index (χ1v) is 11.3. The number of alkyl halides is 1. The molecule has 2 aromatic carbocycles. The molecule has 3 atom stereocenters. The van der Waals surface area contributed by atoms with Gasteiger partial charge in [-0.3, -0.25) is 9.59 Å². The number of fused-ring (bicyclic) bond motifs is 1. The van der Waals surface area contributed by atoms with Crippen molar-refractivity contribution < 1.29 is 14.3 Å². The van der Waals surface area contributed by atoms with Crippen LogP contribution in [0.1, 0.15) is 11.1 Å². The Labute approximate surface area is 185 Å². The highest BCUT2D eigenvalue weighted by Crippen LogP contribution is 2.42. The zero-order chi connectivity index (χ0) is 21.1. The Morgan fingerprint density at radius 3 is 2.53 bits per heavy atom. The van der Waals surface area contributed by atoms with Crippen LogP contribution < -0.4 is 10.1 Å². The fraction of sp³-hybridized carbons (Fsp3) is 0.304. The molecule has 7 heteroatoms. The number of benzene rings is 2. The van der Waals surface area contributed by atoms with Crippen LogP contribution in [0.2, 0.25) is 0 Å². The van der Waals surface area contributed by atoms with Crippen LogP contribution in [0.4, 0.5) is 0 Å². The summed E-state index contributed by atoms with van der Waals surface area (Å²) in [5.74, 6) is 0.881. The summed E-state index contributed by atoms with van der Waals surface area (Å²) in [6.45, 7) is 0. The molecule has 2 unspecified atom stereocenters. The molecule has 0 saturated carbocycles. The second-order valence-corrected chi connectivity index (χ2v) is 8.95. The molecule has 0 aromatic heterocycles. The molecule has 2 aliphatic rings. The molecule has 156 valence electrons. The molecule has 2 heterocycles. The van der Waals surface area contributed by atoms with Crippen LogP contribution in [-0.4, -0.2) is 46.4 Å². The largest absolute Gasteiger partial charge is 0.497 e. The average molecular weight is 443 g/mol. The summed E-state index contributed by atoms with van der Waals surface area (Å²) in [5, 5.41) is 3.00. The van der Waals surface area contributed by atoms with Crippen LogP contribution in [0, 0.1) is 0 Å². The second kappa shape index (κ2) is 9.14. The summed E-state index contributed by atoms with van der Waals surface area (Å²) >= 11 is 7.86. The summed E-state index contributed by atoms with van der Waals surface area (Å²) in [4.78, 5) is 26.8. The van der Waals surface area contributed by atoms with E-state index in [1.807, 2.05) is 48.7 Å². The SMILES string of the molecule is COc1ccc(CC(=O)NC2C(=O)N3C=C(CCl)C(Cc4ccccc4)S[C@H]23)cc1. The van der Waals surface area contributed by atoms with Crippen LogP contribution in [-0.2, 0) is 22.4 Å². The number of rotatable bonds is 7. The summed E-state index contributed by atoms with van der Waals surface area (Å²) in [5.41, 5.74) is 3.14. The van der Waals surface area contributed by atoms with E-state index in [0.29, 0.717) is 5.88 Å². The van der Waals surface area contributed by atoms with Crippen molar-refractivity contribution in [1.29, 1.82) is 0 Å². The van der Waals surface area contributed by atoms with Crippen molar-refractivity contribution in [2.45, 2.75) is 29.5 Å². The lowest BCUT2D eigenvalue weighted by molar-refractivity contribution is -0.144. The van der Waals surface area contributed by atoms with Gasteiger partial charge in [0.1, 0.15) is 17.2 Å². The van der Waals surface area contributed by atoms with E-state index in [2.05, 4.69) is 17.4 Å². The number of β-lactam (4-membered cyclic amide) rings is 1. The topological polar surface area (TPSA) is 58.6 Å². The standard InChI is InChI=1S/C23H23ClN2O3S/c1-29-18-9-7-16(8-10-18)12-20(27)25-21-22(28)26-14-17(13-24)19(30-23(21)26)11-15-5-3-2-4-6-15/h2-10,14,19,21,23H,11-13H2,1H3,(H,25,27)/t19?,21?,23-/m1/s1. The van der Waals surface area contributed by atoms with Crippen LogP contribution in [0.25, 0.3) is 0 Å². The maximum Gasteiger partial charge on any atom is 0.253 e. The predicted molar refractivity (Wildman–Crippen MR) is 120 cm³/mol. The third kappa shape index (κ3) is 4.35. The van der Waals surface area contributed by atoms with Gasteiger partial charge in [0.25, 0.3) is 5.91 Å². The quantitative estimate of drug-likeness (QED) is 0.527. The number of hydrogen-bond donors (Lipinski definition) is 1. The Kier molecular flexibility index (Phi) is 6.35. The lowest BCUT2D eigenvalue weighted by Crippen LogP contribution is -2.69. The van der Waals surface area contributed by atoms with E-state index in [1.165, 1.54) is 5.56 Å². The van der Waals surface area contributed by atoms with Gasteiger partial charge >= 0.3 is 0 Å². The van der Waals surface area contributed by atoms with Crippen LogP contribution >= 0.6 is 23.4 Å². The number of halogens is 1. The Morgan fingerprint density at radius 2 is 1.87 bits per heavy atom. The molecule has 2 aromatic rings. The van der Waals surface area contributed by atoms with E-state index in [1.54, 1.807) is 23.8 Å². The molecular weight excluding hydrogens is 420 g/mol. The number of methoxy groups -OCH3 is 1. The monoisotopic (exact) mass is 442 g/mol. The molecular formula is C23H23ClN2O3S. The first-order valence-electron chi connectivity index (χ1n) is 9.79. The number of hydrogen-bond acceptors (Lipinski definition) is 4. The van der Waals surface area contributed by atoms with E-state index >= 15 is 0 Å². The summed E-state index contributed by atoms with van der Waals surface area (Å²) < 4.78 is 5.14. The lowest BCUT2D eigenvalue weighted by Gasteiger charge is -2.49. The number of nitrogens with zero attached hydrogens (tertiary/aromatic N) is 1. The molecule has 1 saturated heterocycles. The Balaban J connectivity index is 1.40. The minimum absolute atomic E-state index is 0.0867. The zero-order valence-corrected chi connectivity index (χ0v) is 18.2. The van der Waals surface area contributed by atoms with Crippen molar-refractivity contribution in [3.8, 4) is 5.75 Å². The van der Waals surface area contributed by atoms with E-state index in [0.717, 1.165) is 23.3 Å². The van der Waals surface area contributed by atoms with E-state index in [4.69, 9.17) is 16.3 Å². The Bertz CT molecular complexity index is 949. The van der Waals surface area contributed by atoms with E-state index in [-0.39, 0.29) is 28.9 Å². The fourth-order valence-corrected chi connectivity index (χ4v) is 5.63. The van der Waals surface area contributed by atoms with Gasteiger partial charge in [-0.15, -0.1) is 23.4 Å². The van der Waals surface area contributed by atoms with Crippen molar-refractivity contribution >= 4 is 35.2 Å². The van der Waals surface area contributed by atoms with Gasteiger partial charge in [-0.05, 0) is 35.3 Å². The van der Waals surface area contributed by atoms with E-state index in [9.17, 15) is 9.59 Å². The first kappa shape index (κ1) is 20.8. The van der Waals surface area contributed by atoms with Crippen molar-refractivity contribution in [2.75, 3.05) is 13.0 Å². The van der Waals surface area contributed by atoms with Gasteiger partial charge < -0.3 is 15.0 Å². The van der Waals surface area contributed by atoms with Gasteiger partial charge in [-0.25, -0.2) is 0 Å². The molecule has 30 heavy (non-hydrogen) atoms. The lowest BCUT2D eigenvalue weighted by atomic mass is 10.0. The molecule has 1 fully saturated rings. The number of carbonyl (C=O) groups is 2. The van der Waals surface area contributed by atoms with Gasteiger partial charge in [0.15, 0.2) is 0 Å². The van der Waals surface area contributed by atoms with E-state index < -0.39 is 6.04 Å². The first-order chi connectivity index (χ1) is 14.6. The second-order valence-electron chi connectivity index (χ2n) is 7.36. The summed E-state index contributed by atoms with van der Waals surface area (Å²) in [7, 11) is 1.60. The normalized spacial score (nSPS) is 22.6. The fourth-order valence-electron chi connectivity index (χ4n) is 3.70. The van der Waals surface area contributed by atoms with Gasteiger partial charge in [0.2, 0.25) is 5.91 Å². The van der Waals surface area contributed by atoms with Gasteiger partial charge in [0.05, 0.1) is 13.5 Å². The van der Waals surface area contributed by atoms with Crippen molar-refractivity contribution in [2.24, 2.45) is 0 Å². The molecule has 0 spiro atoms. The van der Waals surface area contributed by atoms with Crippen molar-refractivity contribution in [1.82, 2.24) is 10.2 Å². The molecule has 1 N–H and O–H groups in total.